The van der Waals surface area contributed by atoms with Gasteiger partial charge in [0.15, 0.2) is 0 Å². The molecule has 2 unspecified atom stereocenters. The summed E-state index contributed by atoms with van der Waals surface area (Å²) in [6.45, 7) is 4.74. The first kappa shape index (κ1) is 12.2. The van der Waals surface area contributed by atoms with Crippen LogP contribution in [-0.2, 0) is 9.53 Å². The molecule has 0 bridgehead atoms. The Bertz CT molecular complexity index is 346. The van der Waals surface area contributed by atoms with Crippen molar-refractivity contribution in [1.29, 1.82) is 0 Å². The monoisotopic (exact) mass is 249 g/mol. The molecule has 0 aromatic rings. The molecule has 3 aliphatic rings. The van der Waals surface area contributed by atoms with Crippen molar-refractivity contribution in [1.82, 2.24) is 5.32 Å². The van der Waals surface area contributed by atoms with E-state index in [0.717, 1.165) is 43.9 Å². The van der Waals surface area contributed by atoms with Crippen LogP contribution in [0.5, 0.6) is 0 Å². The molecule has 0 aromatic heterocycles. The van der Waals surface area contributed by atoms with Crippen molar-refractivity contribution in [3.8, 4) is 0 Å². The van der Waals surface area contributed by atoms with E-state index in [0.29, 0.717) is 11.8 Å². The second-order valence-corrected chi connectivity index (χ2v) is 6.27. The highest BCUT2D eigenvalue weighted by Crippen LogP contribution is 2.58. The lowest BCUT2D eigenvalue weighted by Crippen LogP contribution is -2.27. The summed E-state index contributed by atoms with van der Waals surface area (Å²) in [4.78, 5) is 11.6. The summed E-state index contributed by atoms with van der Waals surface area (Å²) in [6.07, 6.45) is 7.65. The molecule has 2 aliphatic carbocycles. The van der Waals surface area contributed by atoms with Crippen LogP contribution < -0.4 is 5.32 Å². The fourth-order valence-electron chi connectivity index (χ4n) is 3.16. The van der Waals surface area contributed by atoms with Crippen molar-refractivity contribution in [2.24, 2.45) is 29.6 Å². The SMILES string of the molecule is C[C@@H]1C[C@H]1[C@@H]1CC1/C=C/C(=O)NCC1CCOC1. The van der Waals surface area contributed by atoms with Crippen molar-refractivity contribution >= 4 is 5.91 Å². The number of carbonyl (C=O) groups excluding carboxylic acids is 1. The molecule has 1 heterocycles. The highest BCUT2D eigenvalue weighted by Gasteiger charge is 2.50. The van der Waals surface area contributed by atoms with Gasteiger partial charge in [-0.25, -0.2) is 0 Å². The number of ether oxygens (including phenoxy) is 1. The third kappa shape index (κ3) is 2.94. The zero-order valence-corrected chi connectivity index (χ0v) is 11.1. The van der Waals surface area contributed by atoms with Crippen LogP contribution in [0.15, 0.2) is 12.2 Å². The van der Waals surface area contributed by atoms with Crippen LogP contribution in [0.25, 0.3) is 0 Å². The van der Waals surface area contributed by atoms with E-state index in [1.807, 2.05) is 0 Å². The highest BCUT2D eigenvalue weighted by atomic mass is 16.5. The van der Waals surface area contributed by atoms with Crippen LogP contribution in [0.2, 0.25) is 0 Å². The van der Waals surface area contributed by atoms with Crippen LogP contribution in [0.3, 0.4) is 0 Å². The Morgan fingerprint density at radius 2 is 2.22 bits per heavy atom. The lowest BCUT2D eigenvalue weighted by Gasteiger charge is -2.07. The molecule has 3 heteroatoms. The first-order valence-corrected chi connectivity index (χ1v) is 7.28. The van der Waals surface area contributed by atoms with Gasteiger partial charge in [-0.15, -0.1) is 0 Å². The molecule has 2 saturated carbocycles. The average Bonchev–Trinajstić information content (AvgIpc) is 3.22. The van der Waals surface area contributed by atoms with Crippen LogP contribution in [0.1, 0.15) is 26.2 Å². The molecular weight excluding hydrogens is 226 g/mol. The number of rotatable bonds is 5. The Morgan fingerprint density at radius 1 is 1.39 bits per heavy atom. The normalized spacial score (nSPS) is 42.2. The zero-order chi connectivity index (χ0) is 12.5. The van der Waals surface area contributed by atoms with Crippen molar-refractivity contribution in [3.63, 3.8) is 0 Å². The van der Waals surface area contributed by atoms with Crippen LogP contribution in [0, 0.1) is 29.6 Å². The third-order valence-electron chi connectivity index (χ3n) is 4.70. The largest absolute Gasteiger partial charge is 0.381 e. The van der Waals surface area contributed by atoms with E-state index in [1.165, 1.54) is 12.8 Å². The molecule has 1 saturated heterocycles. The summed E-state index contributed by atoms with van der Waals surface area (Å²) < 4.78 is 5.29. The molecule has 3 fully saturated rings. The summed E-state index contributed by atoms with van der Waals surface area (Å²) >= 11 is 0. The predicted molar refractivity (Wildman–Crippen MR) is 69.9 cm³/mol. The quantitative estimate of drug-likeness (QED) is 0.757. The zero-order valence-electron chi connectivity index (χ0n) is 11.1. The Kier molecular flexibility index (Phi) is 3.42. The summed E-state index contributed by atoms with van der Waals surface area (Å²) in [5.74, 6) is 4.04. The second-order valence-electron chi connectivity index (χ2n) is 6.27. The maximum atomic E-state index is 11.6. The topological polar surface area (TPSA) is 38.3 Å². The van der Waals surface area contributed by atoms with E-state index in [-0.39, 0.29) is 5.91 Å². The maximum absolute atomic E-state index is 11.6. The Balaban J connectivity index is 1.33. The van der Waals surface area contributed by atoms with E-state index in [1.54, 1.807) is 6.08 Å². The van der Waals surface area contributed by atoms with Crippen LogP contribution in [-0.4, -0.2) is 25.7 Å². The van der Waals surface area contributed by atoms with Gasteiger partial charge in [0.2, 0.25) is 5.91 Å². The number of amides is 1. The smallest absolute Gasteiger partial charge is 0.243 e. The molecule has 1 aliphatic heterocycles. The minimum absolute atomic E-state index is 0.0661. The van der Waals surface area contributed by atoms with Gasteiger partial charge in [-0.05, 0) is 49.0 Å². The summed E-state index contributed by atoms with van der Waals surface area (Å²) in [5.41, 5.74) is 0. The molecular formula is C15H23NO2. The van der Waals surface area contributed by atoms with Crippen molar-refractivity contribution in [2.75, 3.05) is 19.8 Å². The molecule has 100 valence electrons. The van der Waals surface area contributed by atoms with E-state index < -0.39 is 0 Å². The molecule has 3 nitrogen and oxygen atoms in total. The molecule has 0 aromatic carbocycles. The molecule has 0 radical (unpaired) electrons. The molecule has 18 heavy (non-hydrogen) atoms. The summed E-state index contributed by atoms with van der Waals surface area (Å²) in [6, 6.07) is 0. The fraction of sp³-hybridized carbons (Fsp3) is 0.800. The third-order valence-corrected chi connectivity index (χ3v) is 4.70. The van der Waals surface area contributed by atoms with Crippen LogP contribution in [0.4, 0.5) is 0 Å². The van der Waals surface area contributed by atoms with Crippen molar-refractivity contribution in [2.45, 2.75) is 26.2 Å². The van der Waals surface area contributed by atoms with Crippen LogP contribution >= 0.6 is 0 Å². The maximum Gasteiger partial charge on any atom is 0.243 e. The van der Waals surface area contributed by atoms with Gasteiger partial charge in [0.1, 0.15) is 0 Å². The Hall–Kier alpha value is -0.830. The number of allylic oxidation sites excluding steroid dienone is 1. The summed E-state index contributed by atoms with van der Waals surface area (Å²) in [5, 5.41) is 2.97. The number of hydrogen-bond acceptors (Lipinski definition) is 2. The van der Waals surface area contributed by atoms with Gasteiger partial charge in [-0.2, -0.15) is 0 Å². The van der Waals surface area contributed by atoms with Gasteiger partial charge in [0.25, 0.3) is 0 Å². The van der Waals surface area contributed by atoms with Gasteiger partial charge in [0.05, 0.1) is 6.61 Å². The van der Waals surface area contributed by atoms with Gasteiger partial charge in [0, 0.05) is 19.1 Å². The minimum Gasteiger partial charge on any atom is -0.381 e. The van der Waals surface area contributed by atoms with Crippen molar-refractivity contribution < 1.29 is 9.53 Å². The second kappa shape index (κ2) is 5.04. The first-order chi connectivity index (χ1) is 8.74. The lowest BCUT2D eigenvalue weighted by atomic mass is 10.1. The van der Waals surface area contributed by atoms with E-state index in [2.05, 4.69) is 18.3 Å². The number of carbonyl (C=O) groups is 1. The first-order valence-electron chi connectivity index (χ1n) is 7.28. The van der Waals surface area contributed by atoms with Crippen molar-refractivity contribution in [3.05, 3.63) is 12.2 Å². The molecule has 3 rings (SSSR count). The highest BCUT2D eigenvalue weighted by molar-refractivity contribution is 5.87. The Morgan fingerprint density at radius 3 is 2.89 bits per heavy atom. The summed E-state index contributed by atoms with van der Waals surface area (Å²) in [7, 11) is 0. The number of nitrogens with one attached hydrogen (secondary N) is 1. The molecule has 0 spiro atoms. The number of hydrogen-bond donors (Lipinski definition) is 1. The molecule has 5 atom stereocenters. The lowest BCUT2D eigenvalue weighted by molar-refractivity contribution is -0.116. The standard InChI is InChI=1S/C15H23NO2/c1-10-6-13(10)14-7-12(14)2-3-15(17)16-8-11-4-5-18-9-11/h2-3,10-14H,4-9H2,1H3,(H,16,17)/b3-2+/t10-,11?,12?,13-,14-/m1/s1. The van der Waals surface area contributed by atoms with Gasteiger partial charge in [-0.1, -0.05) is 13.0 Å². The predicted octanol–water partition coefficient (Wildman–Crippen LogP) is 1.99. The van der Waals surface area contributed by atoms with E-state index in [4.69, 9.17) is 4.74 Å². The molecule has 1 amide bonds. The van der Waals surface area contributed by atoms with Gasteiger partial charge in [-0.3, -0.25) is 4.79 Å². The van der Waals surface area contributed by atoms with E-state index >= 15 is 0 Å². The van der Waals surface area contributed by atoms with Gasteiger partial charge >= 0.3 is 0 Å². The average molecular weight is 249 g/mol. The minimum atomic E-state index is 0.0661. The molecule has 1 N–H and O–H groups in total. The Labute approximate surface area is 109 Å². The van der Waals surface area contributed by atoms with Gasteiger partial charge < -0.3 is 10.1 Å². The van der Waals surface area contributed by atoms with E-state index in [9.17, 15) is 4.79 Å². The fourth-order valence-corrected chi connectivity index (χ4v) is 3.16.